The quantitative estimate of drug-likeness (QED) is 0.437. The van der Waals surface area contributed by atoms with Gasteiger partial charge in [-0.25, -0.2) is 0 Å². The number of aromatic hydroxyl groups is 1. The SMILES string of the molecule is COc1cccc(C(=O)N[C@@H]2CC[C@@]3(O)[C@H]4Cc5ccc(O)c6c5C3(CC[N+]4([O-])CC3CC3)[C@H]2O6)c1. The summed E-state index contributed by atoms with van der Waals surface area (Å²) in [5, 5.41) is 40.7. The van der Waals surface area contributed by atoms with Crippen molar-refractivity contribution in [2.24, 2.45) is 5.92 Å². The fourth-order valence-corrected chi connectivity index (χ4v) is 7.92. The summed E-state index contributed by atoms with van der Waals surface area (Å²) in [5.41, 5.74) is 0.226. The molecule has 3 fully saturated rings. The van der Waals surface area contributed by atoms with Gasteiger partial charge in [0.1, 0.15) is 23.5 Å². The van der Waals surface area contributed by atoms with Gasteiger partial charge in [0.15, 0.2) is 11.5 Å². The molecule has 7 rings (SSSR count). The molecule has 2 aromatic rings. The number of ether oxygens (including phenoxy) is 2. The van der Waals surface area contributed by atoms with Gasteiger partial charge in [0.25, 0.3) is 5.91 Å². The average molecular weight is 493 g/mol. The normalized spacial score (nSPS) is 37.6. The number of phenols is 1. The molecule has 36 heavy (non-hydrogen) atoms. The van der Waals surface area contributed by atoms with Gasteiger partial charge in [0, 0.05) is 29.9 Å². The van der Waals surface area contributed by atoms with E-state index in [0.717, 1.165) is 24.0 Å². The molecule has 190 valence electrons. The van der Waals surface area contributed by atoms with Crippen molar-refractivity contribution in [3.05, 3.63) is 58.3 Å². The highest BCUT2D eigenvalue weighted by Crippen LogP contribution is 2.66. The molecule has 8 nitrogen and oxygen atoms in total. The van der Waals surface area contributed by atoms with Crippen LogP contribution in [-0.2, 0) is 11.8 Å². The van der Waals surface area contributed by atoms with Gasteiger partial charge < -0.3 is 34.9 Å². The predicted molar refractivity (Wildman–Crippen MR) is 131 cm³/mol. The van der Waals surface area contributed by atoms with Crippen molar-refractivity contribution in [3.8, 4) is 17.2 Å². The van der Waals surface area contributed by atoms with Crippen molar-refractivity contribution in [1.82, 2.24) is 5.32 Å². The van der Waals surface area contributed by atoms with E-state index in [4.69, 9.17) is 9.47 Å². The van der Waals surface area contributed by atoms with E-state index >= 15 is 0 Å². The number of likely N-dealkylation sites (tertiary alicyclic amines) is 1. The Labute approximate surface area is 210 Å². The van der Waals surface area contributed by atoms with Crippen LogP contribution in [0.1, 0.15) is 53.6 Å². The minimum Gasteiger partial charge on any atom is -0.632 e. The number of nitrogens with one attached hydrogen (secondary N) is 1. The number of nitrogens with zero attached hydrogens (tertiary/aromatic N) is 1. The van der Waals surface area contributed by atoms with Gasteiger partial charge in [-0.05, 0) is 55.5 Å². The van der Waals surface area contributed by atoms with Gasteiger partial charge in [-0.3, -0.25) is 4.79 Å². The summed E-state index contributed by atoms with van der Waals surface area (Å²) >= 11 is 0. The number of rotatable bonds is 5. The molecule has 8 heteroatoms. The van der Waals surface area contributed by atoms with Crippen LogP contribution in [0.25, 0.3) is 0 Å². The maximum atomic E-state index is 14.3. The lowest BCUT2D eigenvalue weighted by molar-refractivity contribution is -0.924. The molecule has 2 aromatic carbocycles. The van der Waals surface area contributed by atoms with Crippen LogP contribution in [0.15, 0.2) is 36.4 Å². The molecule has 3 aliphatic carbocycles. The summed E-state index contributed by atoms with van der Waals surface area (Å²) in [6.07, 6.45) is 3.47. The standard InChI is InChI=1S/C28H32N2O6/c1-35-19-4-2-3-18(13-19)26(32)29-20-9-10-28(33)22-14-17-7-8-21(31)24-23(17)27(28,25(20)36-24)11-12-30(22,34)15-16-5-6-16/h2-4,7-8,13,16,20,22,25,31,33H,5-6,9-12,14-15H2,1H3,(H,29,32)/t20-,22-,25+,27?,28-,30?/m1/s1. The number of carbonyl (C=O) groups excluding carboxylic acids is 1. The number of methoxy groups -OCH3 is 1. The Balaban J connectivity index is 1.29. The van der Waals surface area contributed by atoms with Crippen LogP contribution in [0.3, 0.4) is 0 Å². The zero-order chi connectivity index (χ0) is 24.9. The van der Waals surface area contributed by atoms with Crippen molar-refractivity contribution in [1.29, 1.82) is 0 Å². The second-order valence-electron chi connectivity index (χ2n) is 11.5. The van der Waals surface area contributed by atoms with Gasteiger partial charge >= 0.3 is 0 Å². The minimum atomic E-state index is -1.25. The topological polar surface area (TPSA) is 111 Å². The van der Waals surface area contributed by atoms with Gasteiger partial charge in [0.05, 0.1) is 31.7 Å². The summed E-state index contributed by atoms with van der Waals surface area (Å²) < 4.78 is 11.4. The second-order valence-corrected chi connectivity index (χ2v) is 11.5. The van der Waals surface area contributed by atoms with Gasteiger partial charge in [-0.15, -0.1) is 0 Å². The lowest BCUT2D eigenvalue weighted by Gasteiger charge is -2.68. The number of phenolic OH excluding ortho intramolecular Hbond substituents is 1. The number of amides is 1. The predicted octanol–water partition coefficient (Wildman–Crippen LogP) is 2.78. The molecule has 2 saturated carbocycles. The van der Waals surface area contributed by atoms with Crippen molar-refractivity contribution >= 4 is 5.91 Å². The highest BCUT2D eigenvalue weighted by Gasteiger charge is 2.76. The van der Waals surface area contributed by atoms with E-state index < -0.39 is 23.2 Å². The molecule has 1 amide bonds. The van der Waals surface area contributed by atoms with Crippen LogP contribution in [0.2, 0.25) is 0 Å². The number of aliphatic hydroxyl groups is 1. The largest absolute Gasteiger partial charge is 0.632 e. The number of carbonyl (C=O) groups is 1. The highest BCUT2D eigenvalue weighted by molar-refractivity contribution is 5.94. The highest BCUT2D eigenvalue weighted by atomic mass is 16.6. The summed E-state index contributed by atoms with van der Waals surface area (Å²) in [7, 11) is 1.56. The molecule has 5 aliphatic rings. The molecular formula is C28H32N2O6. The lowest BCUT2D eigenvalue weighted by Crippen LogP contribution is -2.81. The first-order chi connectivity index (χ1) is 17.3. The Hall–Kier alpha value is -2.81. The van der Waals surface area contributed by atoms with E-state index in [2.05, 4.69) is 5.32 Å². The maximum absolute atomic E-state index is 14.3. The molecule has 2 unspecified atom stereocenters. The molecule has 1 saturated heterocycles. The first-order valence-corrected chi connectivity index (χ1v) is 13.1. The van der Waals surface area contributed by atoms with E-state index in [1.165, 1.54) is 0 Å². The van der Waals surface area contributed by atoms with Crippen molar-refractivity contribution < 1.29 is 29.1 Å². The zero-order valence-electron chi connectivity index (χ0n) is 20.4. The third kappa shape index (κ3) is 2.83. The Morgan fingerprint density at radius 2 is 2.08 bits per heavy atom. The fraction of sp³-hybridized carbons (Fsp3) is 0.536. The summed E-state index contributed by atoms with van der Waals surface area (Å²) in [4.78, 5) is 13.3. The molecule has 3 N–H and O–H groups in total. The van der Waals surface area contributed by atoms with Crippen molar-refractivity contribution in [2.75, 3.05) is 20.2 Å². The maximum Gasteiger partial charge on any atom is 0.251 e. The molecule has 2 heterocycles. The summed E-state index contributed by atoms with van der Waals surface area (Å²) in [5.74, 6) is 1.26. The molecule has 6 atom stereocenters. The molecular weight excluding hydrogens is 460 g/mol. The molecule has 2 bridgehead atoms. The first-order valence-electron chi connectivity index (χ1n) is 13.1. The molecule has 2 aliphatic heterocycles. The zero-order valence-corrected chi connectivity index (χ0v) is 20.4. The van der Waals surface area contributed by atoms with Crippen molar-refractivity contribution in [2.45, 2.75) is 67.7 Å². The number of hydroxylamine groups is 3. The number of hydrogen-bond donors (Lipinski definition) is 3. The number of quaternary nitrogens is 1. The smallest absolute Gasteiger partial charge is 0.251 e. The minimum absolute atomic E-state index is 0.0441. The Morgan fingerprint density at radius 1 is 1.25 bits per heavy atom. The molecule has 0 aromatic heterocycles. The second kappa shape index (κ2) is 7.37. The monoisotopic (exact) mass is 492 g/mol. The number of piperidine rings is 1. The fourth-order valence-electron chi connectivity index (χ4n) is 7.92. The van der Waals surface area contributed by atoms with Crippen LogP contribution in [0.4, 0.5) is 0 Å². The van der Waals surface area contributed by atoms with E-state index in [9.17, 15) is 20.2 Å². The number of benzene rings is 2. The average Bonchev–Trinajstić information content (AvgIpc) is 3.60. The van der Waals surface area contributed by atoms with E-state index in [0.29, 0.717) is 61.8 Å². The molecule has 1 spiro atoms. The van der Waals surface area contributed by atoms with Crippen LogP contribution >= 0.6 is 0 Å². The number of hydrogen-bond acceptors (Lipinski definition) is 6. The van der Waals surface area contributed by atoms with Crippen LogP contribution in [0.5, 0.6) is 17.2 Å². The van der Waals surface area contributed by atoms with Gasteiger partial charge in [-0.2, -0.15) is 0 Å². The summed E-state index contributed by atoms with van der Waals surface area (Å²) in [6.45, 7) is 0.972. The third-order valence-electron chi connectivity index (χ3n) is 9.70. The van der Waals surface area contributed by atoms with E-state index in [1.807, 2.05) is 6.07 Å². The van der Waals surface area contributed by atoms with Crippen LogP contribution < -0.4 is 14.8 Å². The van der Waals surface area contributed by atoms with Gasteiger partial charge in [0.2, 0.25) is 0 Å². The lowest BCUT2D eigenvalue weighted by atomic mass is 9.48. The summed E-state index contributed by atoms with van der Waals surface area (Å²) in [6, 6.07) is 9.66. The van der Waals surface area contributed by atoms with E-state index in [1.54, 1.807) is 37.4 Å². The first kappa shape index (κ1) is 22.4. The third-order valence-corrected chi connectivity index (χ3v) is 9.70. The molecule has 0 radical (unpaired) electrons. The van der Waals surface area contributed by atoms with Crippen molar-refractivity contribution in [3.63, 3.8) is 0 Å². The van der Waals surface area contributed by atoms with E-state index in [-0.39, 0.29) is 22.3 Å². The Bertz CT molecular complexity index is 1260. The van der Waals surface area contributed by atoms with Crippen LogP contribution in [-0.4, -0.2) is 64.8 Å². The Morgan fingerprint density at radius 3 is 2.86 bits per heavy atom. The van der Waals surface area contributed by atoms with Gasteiger partial charge in [-0.1, -0.05) is 12.1 Å². The van der Waals surface area contributed by atoms with Crippen LogP contribution in [0, 0.1) is 11.1 Å². The Kier molecular flexibility index (Phi) is 4.58.